The Morgan fingerprint density at radius 3 is 2.86 bits per heavy atom. The second-order valence-corrected chi connectivity index (χ2v) is 6.40. The highest BCUT2D eigenvalue weighted by atomic mass is 16.5. The zero-order valence-corrected chi connectivity index (χ0v) is 13.1. The Kier molecular flexibility index (Phi) is 4.40. The highest BCUT2D eigenvalue weighted by Crippen LogP contribution is 2.41. The van der Waals surface area contributed by atoms with Crippen molar-refractivity contribution in [3.63, 3.8) is 0 Å². The Hall–Kier alpha value is -1.20. The summed E-state index contributed by atoms with van der Waals surface area (Å²) in [4.78, 5) is 11.5. The molecule has 1 saturated carbocycles. The van der Waals surface area contributed by atoms with Crippen LogP contribution in [0.3, 0.4) is 0 Å². The lowest BCUT2D eigenvalue weighted by atomic mass is 9.83. The van der Waals surface area contributed by atoms with Crippen LogP contribution in [0.5, 0.6) is 0 Å². The van der Waals surface area contributed by atoms with Gasteiger partial charge in [-0.25, -0.2) is 9.97 Å². The number of anilines is 1. The first-order valence-corrected chi connectivity index (χ1v) is 8.01. The molecule has 21 heavy (non-hydrogen) atoms. The molecule has 3 rings (SSSR count). The molecule has 0 unspecified atom stereocenters. The fourth-order valence-corrected chi connectivity index (χ4v) is 3.82. The summed E-state index contributed by atoms with van der Waals surface area (Å²) < 4.78 is 5.50. The molecule has 0 radical (unpaired) electrons. The van der Waals surface area contributed by atoms with Crippen molar-refractivity contribution >= 4 is 5.82 Å². The van der Waals surface area contributed by atoms with E-state index in [-0.39, 0.29) is 5.41 Å². The first-order chi connectivity index (χ1) is 10.3. The minimum Gasteiger partial charge on any atom is -0.384 e. The molecule has 116 valence electrons. The average Bonchev–Trinajstić information content (AvgIpc) is 3.17. The molecular weight excluding hydrogens is 264 g/mol. The Morgan fingerprint density at radius 2 is 2.19 bits per heavy atom. The number of rotatable bonds is 5. The molecule has 1 atom stereocenters. The van der Waals surface area contributed by atoms with Gasteiger partial charge in [-0.05, 0) is 26.3 Å². The van der Waals surface area contributed by atoms with Crippen molar-refractivity contribution < 1.29 is 4.74 Å². The van der Waals surface area contributed by atoms with Gasteiger partial charge in [0, 0.05) is 37.7 Å². The van der Waals surface area contributed by atoms with Crippen molar-refractivity contribution in [2.45, 2.75) is 43.6 Å². The zero-order chi connectivity index (χ0) is 14.7. The maximum Gasteiger partial charge on any atom is 0.132 e. The SMILES string of the molecule is CN[C@@H]1CCN(c2cc(C3(COC)CCCC3)ncn2)C1. The molecule has 5 nitrogen and oxygen atoms in total. The van der Waals surface area contributed by atoms with E-state index < -0.39 is 0 Å². The standard InChI is InChI=1S/C16H26N4O/c1-17-13-5-8-20(10-13)15-9-14(18-12-19-15)16(11-21-2)6-3-4-7-16/h9,12-13,17H,3-8,10-11H2,1-2H3/t13-/m1/s1. The molecule has 1 aliphatic carbocycles. The van der Waals surface area contributed by atoms with Crippen LogP contribution in [0, 0.1) is 0 Å². The normalized spacial score (nSPS) is 24.7. The van der Waals surface area contributed by atoms with Crippen LogP contribution in [0.15, 0.2) is 12.4 Å². The maximum atomic E-state index is 5.50. The molecule has 0 aromatic carbocycles. The van der Waals surface area contributed by atoms with E-state index in [9.17, 15) is 0 Å². The smallest absolute Gasteiger partial charge is 0.132 e. The van der Waals surface area contributed by atoms with Gasteiger partial charge in [-0.2, -0.15) is 0 Å². The minimum absolute atomic E-state index is 0.106. The average molecular weight is 290 g/mol. The van der Waals surface area contributed by atoms with E-state index in [1.54, 1.807) is 13.4 Å². The van der Waals surface area contributed by atoms with Crippen LogP contribution in [0.25, 0.3) is 0 Å². The Bertz CT molecular complexity index is 473. The summed E-state index contributed by atoms with van der Waals surface area (Å²) in [5.41, 5.74) is 1.27. The summed E-state index contributed by atoms with van der Waals surface area (Å²) in [6.07, 6.45) is 7.81. The lowest BCUT2D eigenvalue weighted by Gasteiger charge is -2.28. The zero-order valence-electron chi connectivity index (χ0n) is 13.1. The summed E-state index contributed by atoms with van der Waals surface area (Å²) in [6, 6.07) is 2.77. The van der Waals surface area contributed by atoms with Crippen LogP contribution < -0.4 is 10.2 Å². The predicted octanol–water partition coefficient (Wildman–Crippen LogP) is 1.73. The fraction of sp³-hybridized carbons (Fsp3) is 0.750. The first kappa shape index (κ1) is 14.7. The number of aromatic nitrogens is 2. The minimum atomic E-state index is 0.106. The van der Waals surface area contributed by atoms with Gasteiger partial charge in [0.25, 0.3) is 0 Å². The van der Waals surface area contributed by atoms with E-state index in [0.717, 1.165) is 25.5 Å². The van der Waals surface area contributed by atoms with Gasteiger partial charge in [0.2, 0.25) is 0 Å². The number of nitrogens with zero attached hydrogens (tertiary/aromatic N) is 3. The van der Waals surface area contributed by atoms with Crippen LogP contribution in [0.2, 0.25) is 0 Å². The number of hydrogen-bond acceptors (Lipinski definition) is 5. The fourth-order valence-electron chi connectivity index (χ4n) is 3.82. The topological polar surface area (TPSA) is 50.3 Å². The van der Waals surface area contributed by atoms with Gasteiger partial charge in [-0.3, -0.25) is 0 Å². The largest absolute Gasteiger partial charge is 0.384 e. The van der Waals surface area contributed by atoms with Gasteiger partial charge in [0.15, 0.2) is 0 Å². The predicted molar refractivity (Wildman–Crippen MR) is 83.7 cm³/mol. The molecule has 2 aliphatic rings. The van der Waals surface area contributed by atoms with Crippen molar-refractivity contribution in [1.82, 2.24) is 15.3 Å². The van der Waals surface area contributed by atoms with Gasteiger partial charge in [0.05, 0.1) is 12.3 Å². The highest BCUT2D eigenvalue weighted by molar-refractivity contribution is 5.42. The third-order valence-corrected chi connectivity index (χ3v) is 5.10. The third kappa shape index (κ3) is 2.90. The lowest BCUT2D eigenvalue weighted by Crippen LogP contribution is -2.32. The number of ether oxygens (including phenoxy) is 1. The van der Waals surface area contributed by atoms with Crippen molar-refractivity contribution in [1.29, 1.82) is 0 Å². The quantitative estimate of drug-likeness (QED) is 0.895. The molecule has 0 amide bonds. The monoisotopic (exact) mass is 290 g/mol. The molecule has 0 bridgehead atoms. The molecule has 5 heteroatoms. The van der Waals surface area contributed by atoms with Crippen molar-refractivity contribution in [2.24, 2.45) is 0 Å². The van der Waals surface area contributed by atoms with Crippen molar-refractivity contribution in [3.05, 3.63) is 18.1 Å². The highest BCUT2D eigenvalue weighted by Gasteiger charge is 2.37. The Balaban J connectivity index is 1.82. The van der Waals surface area contributed by atoms with Gasteiger partial charge in [0.1, 0.15) is 12.1 Å². The summed E-state index contributed by atoms with van der Waals surface area (Å²) in [6.45, 7) is 2.87. The van der Waals surface area contributed by atoms with Crippen LogP contribution in [-0.4, -0.2) is 49.9 Å². The van der Waals surface area contributed by atoms with Crippen molar-refractivity contribution in [3.8, 4) is 0 Å². The number of likely N-dealkylation sites (N-methyl/N-ethyl adjacent to an activating group) is 1. The second kappa shape index (κ2) is 6.28. The molecule has 1 saturated heterocycles. The van der Waals surface area contributed by atoms with Gasteiger partial charge in [-0.15, -0.1) is 0 Å². The Labute approximate surface area is 127 Å². The van der Waals surface area contributed by atoms with Gasteiger partial charge < -0.3 is 15.0 Å². The van der Waals surface area contributed by atoms with E-state index >= 15 is 0 Å². The molecule has 2 heterocycles. The summed E-state index contributed by atoms with van der Waals surface area (Å²) in [5.74, 6) is 1.07. The lowest BCUT2D eigenvalue weighted by molar-refractivity contribution is 0.129. The van der Waals surface area contributed by atoms with Crippen LogP contribution >= 0.6 is 0 Å². The molecular formula is C16H26N4O. The van der Waals surface area contributed by atoms with Crippen LogP contribution in [0.1, 0.15) is 37.8 Å². The second-order valence-electron chi connectivity index (χ2n) is 6.40. The molecule has 1 aromatic heterocycles. The third-order valence-electron chi connectivity index (χ3n) is 5.10. The van der Waals surface area contributed by atoms with Crippen molar-refractivity contribution in [2.75, 3.05) is 38.8 Å². The summed E-state index contributed by atoms with van der Waals surface area (Å²) in [5, 5.41) is 3.36. The van der Waals surface area contributed by atoms with Crippen LogP contribution in [0.4, 0.5) is 5.82 Å². The summed E-state index contributed by atoms with van der Waals surface area (Å²) in [7, 11) is 3.83. The molecule has 1 N–H and O–H groups in total. The first-order valence-electron chi connectivity index (χ1n) is 8.01. The number of nitrogens with one attached hydrogen (secondary N) is 1. The van der Waals surface area contributed by atoms with E-state index in [0.29, 0.717) is 6.04 Å². The van der Waals surface area contributed by atoms with Crippen LogP contribution in [-0.2, 0) is 10.2 Å². The van der Waals surface area contributed by atoms with Gasteiger partial charge >= 0.3 is 0 Å². The number of methoxy groups -OCH3 is 1. The van der Waals surface area contributed by atoms with Gasteiger partial charge in [-0.1, -0.05) is 12.8 Å². The molecule has 1 aliphatic heterocycles. The molecule has 0 spiro atoms. The van der Waals surface area contributed by atoms with E-state index in [2.05, 4.69) is 26.3 Å². The van der Waals surface area contributed by atoms with E-state index in [1.807, 2.05) is 7.05 Å². The molecule has 1 aromatic rings. The molecule has 2 fully saturated rings. The Morgan fingerprint density at radius 1 is 1.38 bits per heavy atom. The van der Waals surface area contributed by atoms with E-state index in [1.165, 1.54) is 37.8 Å². The maximum absolute atomic E-state index is 5.50. The van der Waals surface area contributed by atoms with E-state index in [4.69, 9.17) is 4.74 Å². The summed E-state index contributed by atoms with van der Waals surface area (Å²) >= 11 is 0. The number of hydrogen-bond donors (Lipinski definition) is 1.